The van der Waals surface area contributed by atoms with Gasteiger partial charge in [0.1, 0.15) is 10.7 Å². The Bertz CT molecular complexity index is 646. The standard InChI is InChI=1S/C13H16FNO5S/c1-2-10-8-15(5-6-20-10)21(18,19)12-4-3-9(13(16)17)7-11(12)14/h3-4,7,10H,2,5-6,8H2,1H3,(H,16,17). The Kier molecular flexibility index (Phi) is 4.60. The highest BCUT2D eigenvalue weighted by Gasteiger charge is 2.32. The van der Waals surface area contributed by atoms with Crippen LogP contribution in [-0.2, 0) is 14.8 Å². The molecule has 0 aromatic heterocycles. The highest BCUT2D eigenvalue weighted by atomic mass is 32.2. The molecule has 0 spiro atoms. The van der Waals surface area contributed by atoms with E-state index in [9.17, 15) is 17.6 Å². The number of sulfonamides is 1. The van der Waals surface area contributed by atoms with Crippen molar-refractivity contribution in [1.82, 2.24) is 4.31 Å². The molecule has 1 saturated heterocycles. The fourth-order valence-corrected chi connectivity index (χ4v) is 3.64. The molecule has 0 aliphatic carbocycles. The van der Waals surface area contributed by atoms with Crippen molar-refractivity contribution in [2.75, 3.05) is 19.7 Å². The third kappa shape index (κ3) is 3.22. The first-order valence-electron chi connectivity index (χ1n) is 6.51. The van der Waals surface area contributed by atoms with Gasteiger partial charge in [-0.3, -0.25) is 0 Å². The van der Waals surface area contributed by atoms with E-state index in [1.807, 2.05) is 6.92 Å². The van der Waals surface area contributed by atoms with Crippen LogP contribution in [0.15, 0.2) is 23.1 Å². The highest BCUT2D eigenvalue weighted by Crippen LogP contribution is 2.23. The summed E-state index contributed by atoms with van der Waals surface area (Å²) in [5.41, 5.74) is -0.292. The van der Waals surface area contributed by atoms with Crippen LogP contribution in [0.5, 0.6) is 0 Å². The van der Waals surface area contributed by atoms with Gasteiger partial charge in [0, 0.05) is 13.1 Å². The van der Waals surface area contributed by atoms with Gasteiger partial charge in [0.2, 0.25) is 10.0 Å². The monoisotopic (exact) mass is 317 g/mol. The van der Waals surface area contributed by atoms with E-state index in [0.29, 0.717) is 12.5 Å². The Morgan fingerprint density at radius 2 is 2.24 bits per heavy atom. The molecule has 0 radical (unpaired) electrons. The molecule has 1 aliphatic heterocycles. The zero-order valence-electron chi connectivity index (χ0n) is 11.5. The Labute approximate surface area is 122 Å². The largest absolute Gasteiger partial charge is 0.478 e. The van der Waals surface area contributed by atoms with Crippen LogP contribution in [0.1, 0.15) is 23.7 Å². The second-order valence-corrected chi connectivity index (χ2v) is 6.62. The van der Waals surface area contributed by atoms with Crippen LogP contribution >= 0.6 is 0 Å². The summed E-state index contributed by atoms with van der Waals surface area (Å²) in [6.45, 7) is 2.45. The Hall–Kier alpha value is -1.51. The van der Waals surface area contributed by atoms with E-state index in [2.05, 4.69) is 0 Å². The second kappa shape index (κ2) is 6.08. The molecule has 1 atom stereocenters. The van der Waals surface area contributed by atoms with Crippen molar-refractivity contribution in [3.63, 3.8) is 0 Å². The predicted molar refractivity (Wildman–Crippen MR) is 72.1 cm³/mol. The first-order chi connectivity index (χ1) is 9.86. The van der Waals surface area contributed by atoms with Crippen molar-refractivity contribution < 1.29 is 27.4 Å². The summed E-state index contributed by atoms with van der Waals surface area (Å²) in [5, 5.41) is 8.78. The Morgan fingerprint density at radius 1 is 1.52 bits per heavy atom. The lowest BCUT2D eigenvalue weighted by Crippen LogP contribution is -2.45. The van der Waals surface area contributed by atoms with Gasteiger partial charge in [-0.15, -0.1) is 0 Å². The van der Waals surface area contributed by atoms with Crippen LogP contribution in [0.2, 0.25) is 0 Å². The van der Waals surface area contributed by atoms with Gasteiger partial charge in [-0.05, 0) is 24.6 Å². The summed E-state index contributed by atoms with van der Waals surface area (Å²) < 4.78 is 45.4. The summed E-state index contributed by atoms with van der Waals surface area (Å²) >= 11 is 0. The lowest BCUT2D eigenvalue weighted by atomic mass is 10.2. The molecule has 1 aliphatic rings. The number of carbonyl (C=O) groups is 1. The van der Waals surface area contributed by atoms with E-state index in [4.69, 9.17) is 9.84 Å². The maximum Gasteiger partial charge on any atom is 0.335 e. The van der Waals surface area contributed by atoms with Gasteiger partial charge in [0.25, 0.3) is 0 Å². The number of hydrogen-bond acceptors (Lipinski definition) is 4. The first-order valence-corrected chi connectivity index (χ1v) is 7.95. The predicted octanol–water partition coefficient (Wildman–Crippen LogP) is 1.32. The fraction of sp³-hybridized carbons (Fsp3) is 0.462. The van der Waals surface area contributed by atoms with Crippen molar-refractivity contribution in [2.45, 2.75) is 24.3 Å². The minimum Gasteiger partial charge on any atom is -0.478 e. The zero-order valence-corrected chi connectivity index (χ0v) is 12.3. The number of hydrogen-bond donors (Lipinski definition) is 1. The van der Waals surface area contributed by atoms with Crippen molar-refractivity contribution in [3.8, 4) is 0 Å². The molecule has 1 heterocycles. The number of rotatable bonds is 4. The van der Waals surface area contributed by atoms with Crippen LogP contribution in [0.4, 0.5) is 4.39 Å². The van der Waals surface area contributed by atoms with Gasteiger partial charge in [-0.2, -0.15) is 4.31 Å². The molecule has 1 aromatic carbocycles. The third-order valence-electron chi connectivity index (χ3n) is 3.35. The topological polar surface area (TPSA) is 83.9 Å². The zero-order chi connectivity index (χ0) is 15.6. The number of nitrogens with zero attached hydrogens (tertiary/aromatic N) is 1. The van der Waals surface area contributed by atoms with Crippen molar-refractivity contribution in [1.29, 1.82) is 0 Å². The molecule has 116 valence electrons. The lowest BCUT2D eigenvalue weighted by Gasteiger charge is -2.31. The van der Waals surface area contributed by atoms with Crippen LogP contribution in [-0.4, -0.2) is 49.6 Å². The summed E-state index contributed by atoms with van der Waals surface area (Å²) in [6, 6.07) is 2.79. The smallest absolute Gasteiger partial charge is 0.335 e. The molecule has 21 heavy (non-hydrogen) atoms. The van der Waals surface area contributed by atoms with E-state index in [-0.39, 0.29) is 31.4 Å². The average molecular weight is 317 g/mol. The Morgan fingerprint density at radius 3 is 2.81 bits per heavy atom. The maximum absolute atomic E-state index is 13.9. The molecular weight excluding hydrogens is 301 g/mol. The van der Waals surface area contributed by atoms with E-state index < -0.39 is 26.7 Å². The molecule has 1 N–H and O–H groups in total. The van der Waals surface area contributed by atoms with Crippen LogP contribution in [0, 0.1) is 5.82 Å². The fourth-order valence-electron chi connectivity index (χ4n) is 2.14. The SMILES string of the molecule is CCC1CN(S(=O)(=O)c2ccc(C(=O)O)cc2F)CCO1. The number of ether oxygens (including phenoxy) is 1. The molecule has 2 rings (SSSR count). The second-order valence-electron chi connectivity index (χ2n) is 4.71. The van der Waals surface area contributed by atoms with E-state index in [1.54, 1.807) is 0 Å². The molecule has 0 amide bonds. The minimum atomic E-state index is -3.99. The van der Waals surface area contributed by atoms with E-state index >= 15 is 0 Å². The molecule has 8 heteroatoms. The maximum atomic E-state index is 13.9. The number of carboxylic acid groups (broad SMARTS) is 1. The lowest BCUT2D eigenvalue weighted by molar-refractivity contribution is -0.00283. The summed E-state index contributed by atoms with van der Waals surface area (Å²) in [5.74, 6) is -2.37. The third-order valence-corrected chi connectivity index (χ3v) is 5.25. The van der Waals surface area contributed by atoms with Crippen molar-refractivity contribution >= 4 is 16.0 Å². The number of benzene rings is 1. The molecule has 1 unspecified atom stereocenters. The number of aromatic carboxylic acids is 1. The first kappa shape index (κ1) is 15.9. The summed E-state index contributed by atoms with van der Waals surface area (Å²) in [6.07, 6.45) is 0.446. The van der Waals surface area contributed by atoms with Crippen LogP contribution in [0.3, 0.4) is 0 Å². The molecule has 6 nitrogen and oxygen atoms in total. The summed E-state index contributed by atoms with van der Waals surface area (Å²) in [4.78, 5) is 10.2. The normalized spacial score (nSPS) is 20.4. The van der Waals surface area contributed by atoms with Crippen LogP contribution < -0.4 is 0 Å². The minimum absolute atomic E-state index is 0.152. The van der Waals surface area contributed by atoms with Gasteiger partial charge >= 0.3 is 5.97 Å². The Balaban J connectivity index is 2.33. The number of morpholine rings is 1. The van der Waals surface area contributed by atoms with Crippen molar-refractivity contribution in [2.24, 2.45) is 0 Å². The van der Waals surface area contributed by atoms with Crippen molar-refractivity contribution in [3.05, 3.63) is 29.6 Å². The molecule has 0 saturated carbocycles. The number of halogens is 1. The van der Waals surface area contributed by atoms with E-state index in [0.717, 1.165) is 12.1 Å². The molecule has 1 aromatic rings. The van der Waals surface area contributed by atoms with Gasteiger partial charge < -0.3 is 9.84 Å². The summed E-state index contributed by atoms with van der Waals surface area (Å²) in [7, 11) is -3.99. The van der Waals surface area contributed by atoms with E-state index in [1.165, 1.54) is 4.31 Å². The molecular formula is C13H16FNO5S. The highest BCUT2D eigenvalue weighted by molar-refractivity contribution is 7.89. The van der Waals surface area contributed by atoms with Crippen LogP contribution in [0.25, 0.3) is 0 Å². The molecule has 0 bridgehead atoms. The van der Waals surface area contributed by atoms with Gasteiger partial charge in [0.15, 0.2) is 0 Å². The van der Waals surface area contributed by atoms with Gasteiger partial charge in [-0.1, -0.05) is 6.92 Å². The number of carboxylic acids is 1. The molecule has 1 fully saturated rings. The average Bonchev–Trinajstić information content (AvgIpc) is 2.46. The van der Waals surface area contributed by atoms with Gasteiger partial charge in [0.05, 0.1) is 18.3 Å². The van der Waals surface area contributed by atoms with Gasteiger partial charge in [-0.25, -0.2) is 17.6 Å². The quantitative estimate of drug-likeness (QED) is 0.905.